The second kappa shape index (κ2) is 24.9. The molecule has 1 aliphatic heterocycles. The van der Waals surface area contributed by atoms with Gasteiger partial charge in [-0.05, 0) is 110 Å². The number of pyridine rings is 1. The van der Waals surface area contributed by atoms with Gasteiger partial charge < -0.3 is 38.7 Å². The molecule has 0 bridgehead atoms. The number of nitro groups is 1. The van der Waals surface area contributed by atoms with Crippen LogP contribution in [0.5, 0.6) is 11.5 Å². The van der Waals surface area contributed by atoms with Crippen LogP contribution in [0.2, 0.25) is 0 Å². The van der Waals surface area contributed by atoms with E-state index in [1.807, 2.05) is 74.5 Å². The van der Waals surface area contributed by atoms with Crippen molar-refractivity contribution in [2.24, 2.45) is 22.9 Å². The molecule has 15 heteroatoms. The molecule has 2 heterocycles. The number of aliphatic hydroxyl groups is 2. The number of carbonyl (C=O) groups is 1. The highest BCUT2D eigenvalue weighted by Crippen LogP contribution is 2.62. The third-order valence-electron chi connectivity index (χ3n) is 13.2. The molecule has 1 fully saturated rings. The minimum absolute atomic E-state index is 0.00130. The molecule has 3 aliphatic rings. The Morgan fingerprint density at radius 1 is 0.957 bits per heavy atom. The van der Waals surface area contributed by atoms with Crippen molar-refractivity contribution in [1.29, 1.82) is 0 Å². The van der Waals surface area contributed by atoms with E-state index in [9.17, 15) is 25.1 Å². The number of fused-ring (bicyclic) bond motifs is 2. The number of aryl methyl sites for hydroxylation is 1. The summed E-state index contributed by atoms with van der Waals surface area (Å²) < 4.78 is 32.8. The Bertz CT molecular complexity index is 2380. The first-order chi connectivity index (χ1) is 33.7. The number of hydrogen-bond donors (Lipinski definition) is 2. The zero-order valence-electron chi connectivity index (χ0n) is 39.8. The first-order valence-corrected chi connectivity index (χ1v) is 24.2. The van der Waals surface area contributed by atoms with Crippen LogP contribution in [0.4, 0.5) is 10.5 Å². The van der Waals surface area contributed by atoms with Gasteiger partial charge in [0.2, 0.25) is 5.79 Å². The van der Waals surface area contributed by atoms with Gasteiger partial charge in [-0.15, -0.1) is 6.58 Å². The van der Waals surface area contributed by atoms with Crippen molar-refractivity contribution in [1.82, 2.24) is 9.88 Å². The molecule has 1 saturated carbocycles. The van der Waals surface area contributed by atoms with Gasteiger partial charge >= 0.3 is 6.09 Å². The Balaban J connectivity index is 1.34. The molecule has 6 atom stereocenters. The fourth-order valence-electron chi connectivity index (χ4n) is 10.1. The number of nitrogens with zero attached hydrogens (tertiary/aromatic N) is 4. The third-order valence-corrected chi connectivity index (χ3v) is 13.2. The molecule has 1 amide bonds. The molecular formula is C54H66N4O11. The number of unbranched alkanes of at least 4 members (excludes halogenated alkanes) is 2. The first-order valence-electron chi connectivity index (χ1n) is 24.2. The van der Waals surface area contributed by atoms with Gasteiger partial charge in [-0.25, -0.2) is 4.79 Å². The quantitative estimate of drug-likeness (QED) is 0.0263. The van der Waals surface area contributed by atoms with E-state index in [0.717, 1.165) is 53.8 Å². The van der Waals surface area contributed by atoms with Gasteiger partial charge in [0.05, 0.1) is 42.1 Å². The van der Waals surface area contributed by atoms with Gasteiger partial charge in [0, 0.05) is 55.5 Å². The summed E-state index contributed by atoms with van der Waals surface area (Å²) in [5, 5.41) is 36.3. The van der Waals surface area contributed by atoms with E-state index in [1.165, 1.54) is 12.1 Å². The van der Waals surface area contributed by atoms with Gasteiger partial charge in [0.25, 0.3) is 5.69 Å². The number of oxime groups is 1. The smallest absolute Gasteiger partial charge is 0.410 e. The van der Waals surface area contributed by atoms with Gasteiger partial charge in [-0.2, -0.15) is 0 Å². The molecule has 3 aromatic carbocycles. The molecule has 4 aromatic rings. The zero-order valence-corrected chi connectivity index (χ0v) is 39.8. The monoisotopic (exact) mass is 946 g/mol. The molecule has 0 radical (unpaired) electrons. The average Bonchev–Trinajstić information content (AvgIpc) is 3.36. The van der Waals surface area contributed by atoms with Gasteiger partial charge in [0.1, 0.15) is 37.4 Å². The number of hydrogen-bond acceptors (Lipinski definition) is 13. The van der Waals surface area contributed by atoms with Crippen LogP contribution in [0.25, 0.3) is 0 Å². The van der Waals surface area contributed by atoms with Crippen LogP contribution < -0.4 is 9.47 Å². The molecular weight excluding hydrogens is 881 g/mol. The van der Waals surface area contributed by atoms with E-state index in [2.05, 4.69) is 23.7 Å². The average molecular weight is 947 g/mol. The Kier molecular flexibility index (Phi) is 18.3. The number of carbonyl (C=O) groups excluding carboxylic acids is 1. The van der Waals surface area contributed by atoms with E-state index in [-0.39, 0.29) is 76.1 Å². The predicted octanol–water partition coefficient (Wildman–Crippen LogP) is 9.78. The Hall–Kier alpha value is -6.13. The van der Waals surface area contributed by atoms with Crippen LogP contribution in [-0.4, -0.2) is 88.2 Å². The largest absolute Gasteiger partial charge is 0.487 e. The fraction of sp³-hybridized carbons (Fsp3) is 0.463. The van der Waals surface area contributed by atoms with Gasteiger partial charge in [-0.3, -0.25) is 20.0 Å². The van der Waals surface area contributed by atoms with Crippen LogP contribution in [0, 0.1) is 34.8 Å². The lowest BCUT2D eigenvalue weighted by molar-refractivity contribution is -0.384. The molecule has 1 aromatic heterocycles. The second-order valence-electron chi connectivity index (χ2n) is 17.9. The lowest BCUT2D eigenvalue weighted by Crippen LogP contribution is -2.70. The number of ether oxygens (including phenoxy) is 5. The molecule has 368 valence electrons. The lowest BCUT2D eigenvalue weighted by Gasteiger charge is -2.59. The maximum atomic E-state index is 14.6. The van der Waals surface area contributed by atoms with Crippen molar-refractivity contribution >= 4 is 17.5 Å². The fourth-order valence-corrected chi connectivity index (χ4v) is 10.1. The van der Waals surface area contributed by atoms with E-state index in [0.29, 0.717) is 55.2 Å². The van der Waals surface area contributed by atoms with E-state index >= 15 is 0 Å². The molecule has 2 N–H and O–H groups in total. The summed E-state index contributed by atoms with van der Waals surface area (Å²) >= 11 is 0. The van der Waals surface area contributed by atoms with Crippen molar-refractivity contribution in [2.45, 2.75) is 103 Å². The van der Waals surface area contributed by atoms with E-state index < -0.39 is 28.8 Å². The topological polar surface area (TPSA) is 185 Å². The molecule has 0 spiro atoms. The molecule has 69 heavy (non-hydrogen) atoms. The third kappa shape index (κ3) is 12.6. The SMILES string of the molecule is C=CCOC12Oc3ccc(OCc4cccc(C)n4)cc3C3C(CCCCO)C(CCCCO)C=C(C(=NOCc4ccc([N+](=O)[O-])cc4)CC1N(CCC)C(=O)OCCOCc1ccccc1)C32. The van der Waals surface area contributed by atoms with Crippen LogP contribution in [0.1, 0.15) is 92.3 Å². The number of benzene rings is 3. The number of amides is 1. The predicted molar refractivity (Wildman–Crippen MR) is 261 cm³/mol. The van der Waals surface area contributed by atoms with Gasteiger partial charge in [0.15, 0.2) is 0 Å². The van der Waals surface area contributed by atoms with E-state index in [1.54, 1.807) is 23.1 Å². The summed E-state index contributed by atoms with van der Waals surface area (Å²) in [4.78, 5) is 38.1. The second-order valence-corrected chi connectivity index (χ2v) is 17.9. The number of nitro benzene ring substituents is 1. The maximum absolute atomic E-state index is 14.6. The maximum Gasteiger partial charge on any atom is 0.410 e. The van der Waals surface area contributed by atoms with Crippen molar-refractivity contribution in [3.63, 3.8) is 0 Å². The van der Waals surface area contributed by atoms with Crippen molar-refractivity contribution in [2.75, 3.05) is 39.6 Å². The lowest BCUT2D eigenvalue weighted by atomic mass is 9.55. The zero-order chi connectivity index (χ0) is 48.6. The number of rotatable bonds is 26. The minimum atomic E-state index is -1.48. The Labute approximate surface area is 404 Å². The highest BCUT2D eigenvalue weighted by atomic mass is 16.7. The van der Waals surface area contributed by atoms with Crippen LogP contribution in [0.15, 0.2) is 120 Å². The normalized spacial score (nSPS) is 21.8. The molecule has 0 saturated heterocycles. The van der Waals surface area contributed by atoms with Crippen molar-refractivity contribution in [3.8, 4) is 11.5 Å². The number of aromatic nitrogens is 1. The van der Waals surface area contributed by atoms with Crippen LogP contribution in [-0.2, 0) is 38.9 Å². The van der Waals surface area contributed by atoms with Gasteiger partial charge in [-0.1, -0.05) is 73.5 Å². The number of aliphatic hydroxyl groups excluding tert-OH is 2. The molecule has 7 rings (SSSR count). The molecule has 6 unspecified atom stereocenters. The molecule has 15 nitrogen and oxygen atoms in total. The standard InChI is InChI=1S/C54H66N4O11/c1-4-26-57(53(61)65-31-30-64-35-39-15-7-6-8-16-39)50-34-48(56-68-36-40-20-22-43(23-21-40)58(62)63)46-32-41(17-9-11-27-59)45(19-10-12-28-60)51-47-33-44(66-37-42-18-13-14-38(3)55-42)24-25-49(47)69-54(50,52(46)51)67-29-5-2/h5-8,13-16,18,20-25,32-33,41,45,50-52,59-60H,2,4,9-12,17,19,26-31,34-37H2,1,3H3. The minimum Gasteiger partial charge on any atom is -0.487 e. The highest BCUT2D eigenvalue weighted by molar-refractivity contribution is 6.03. The van der Waals surface area contributed by atoms with Crippen molar-refractivity contribution in [3.05, 3.63) is 153 Å². The highest BCUT2D eigenvalue weighted by Gasteiger charge is 2.65. The summed E-state index contributed by atoms with van der Waals surface area (Å²) in [7, 11) is 0. The number of allylic oxidation sites excluding steroid dienone is 1. The summed E-state index contributed by atoms with van der Waals surface area (Å²) in [6.45, 7) is 9.40. The summed E-state index contributed by atoms with van der Waals surface area (Å²) in [6.07, 6.45) is 8.53. The Morgan fingerprint density at radius 3 is 2.45 bits per heavy atom. The number of non-ortho nitro benzene ring substituents is 1. The Morgan fingerprint density at radius 2 is 1.72 bits per heavy atom. The summed E-state index contributed by atoms with van der Waals surface area (Å²) in [5.74, 6) is -1.05. The molecule has 2 aliphatic carbocycles. The van der Waals surface area contributed by atoms with E-state index in [4.69, 9.17) is 33.7 Å². The van der Waals surface area contributed by atoms with Crippen LogP contribution in [0.3, 0.4) is 0 Å². The summed E-state index contributed by atoms with van der Waals surface area (Å²) in [5.41, 5.74) is 5.77. The van der Waals surface area contributed by atoms with Crippen molar-refractivity contribution < 1.29 is 48.5 Å². The first kappa shape index (κ1) is 50.7. The summed E-state index contributed by atoms with van der Waals surface area (Å²) in [6, 6.07) is 26.9. The van der Waals surface area contributed by atoms with Crippen LogP contribution >= 0.6 is 0 Å².